The van der Waals surface area contributed by atoms with Crippen LogP contribution in [-0.2, 0) is 9.59 Å². The molecule has 0 bridgehead atoms. The van der Waals surface area contributed by atoms with Crippen LogP contribution in [0.15, 0.2) is 87.4 Å². The van der Waals surface area contributed by atoms with Gasteiger partial charge in [0.05, 0.1) is 11.6 Å². The quantitative estimate of drug-likeness (QED) is 0.295. The van der Waals surface area contributed by atoms with E-state index >= 15 is 0 Å². The van der Waals surface area contributed by atoms with Crippen LogP contribution in [0.2, 0.25) is 0 Å². The molecule has 4 rings (SSSR count). The fourth-order valence-electron chi connectivity index (χ4n) is 3.29. The van der Waals surface area contributed by atoms with E-state index in [0.29, 0.717) is 16.9 Å². The van der Waals surface area contributed by atoms with Crippen LogP contribution in [0.5, 0.6) is 0 Å². The summed E-state index contributed by atoms with van der Waals surface area (Å²) in [5, 5.41) is 10.9. The standard InChI is InChI=1S/C22H14Br2N2O3/c23-15-8-6-13(7-9-15)19-18(20(27)14-4-2-1-3-5-14)21(28)22(29)26(19)17-11-10-16(24)12-25-17/h1-12,19,27H/b20-18+. The summed E-state index contributed by atoms with van der Waals surface area (Å²) in [6, 6.07) is 18.6. The van der Waals surface area contributed by atoms with E-state index in [2.05, 4.69) is 36.8 Å². The molecule has 0 aliphatic carbocycles. The molecule has 1 aliphatic rings. The summed E-state index contributed by atoms with van der Waals surface area (Å²) in [6.07, 6.45) is 1.56. The summed E-state index contributed by atoms with van der Waals surface area (Å²) in [6.45, 7) is 0. The Morgan fingerprint density at radius 2 is 1.55 bits per heavy atom. The molecule has 1 atom stereocenters. The van der Waals surface area contributed by atoms with Crippen molar-refractivity contribution >= 4 is 55.1 Å². The number of Topliss-reactive ketones (excluding diaryl/α,β-unsaturated/α-hetero) is 1. The van der Waals surface area contributed by atoms with Crippen molar-refractivity contribution < 1.29 is 14.7 Å². The van der Waals surface area contributed by atoms with Gasteiger partial charge in [0.15, 0.2) is 0 Å². The molecule has 0 saturated carbocycles. The molecule has 0 radical (unpaired) electrons. The molecule has 1 unspecified atom stereocenters. The topological polar surface area (TPSA) is 70.5 Å². The van der Waals surface area contributed by atoms with Gasteiger partial charge >= 0.3 is 5.91 Å². The first-order chi connectivity index (χ1) is 14.0. The van der Waals surface area contributed by atoms with E-state index in [1.165, 1.54) is 4.90 Å². The molecule has 5 nitrogen and oxygen atoms in total. The van der Waals surface area contributed by atoms with Crippen molar-refractivity contribution in [2.45, 2.75) is 6.04 Å². The van der Waals surface area contributed by atoms with Crippen molar-refractivity contribution in [3.63, 3.8) is 0 Å². The molecule has 144 valence electrons. The molecular weight excluding hydrogens is 500 g/mol. The second-order valence-corrected chi connectivity index (χ2v) is 8.25. The van der Waals surface area contributed by atoms with Gasteiger partial charge in [-0.25, -0.2) is 4.98 Å². The van der Waals surface area contributed by atoms with Crippen LogP contribution < -0.4 is 4.90 Å². The van der Waals surface area contributed by atoms with Gasteiger partial charge in [0.25, 0.3) is 5.78 Å². The van der Waals surface area contributed by atoms with Crippen molar-refractivity contribution in [2.24, 2.45) is 0 Å². The Morgan fingerprint density at radius 1 is 0.897 bits per heavy atom. The average molecular weight is 514 g/mol. The van der Waals surface area contributed by atoms with Crippen LogP contribution in [0.4, 0.5) is 5.82 Å². The second kappa shape index (κ2) is 7.93. The van der Waals surface area contributed by atoms with E-state index in [9.17, 15) is 14.7 Å². The molecule has 1 aliphatic heterocycles. The molecule has 2 aromatic carbocycles. The first-order valence-electron chi connectivity index (χ1n) is 8.71. The number of hydrogen-bond acceptors (Lipinski definition) is 4. The fourth-order valence-corrected chi connectivity index (χ4v) is 3.79. The monoisotopic (exact) mass is 512 g/mol. The lowest BCUT2D eigenvalue weighted by Gasteiger charge is -2.24. The summed E-state index contributed by atoms with van der Waals surface area (Å²) < 4.78 is 1.62. The Labute approximate surface area is 184 Å². The van der Waals surface area contributed by atoms with Gasteiger partial charge in [-0.3, -0.25) is 14.5 Å². The highest BCUT2D eigenvalue weighted by Crippen LogP contribution is 2.41. The van der Waals surface area contributed by atoms with Crippen LogP contribution in [0, 0.1) is 0 Å². The van der Waals surface area contributed by atoms with Gasteiger partial charge in [0, 0.05) is 20.7 Å². The van der Waals surface area contributed by atoms with Gasteiger partial charge in [-0.05, 0) is 45.8 Å². The lowest BCUT2D eigenvalue weighted by molar-refractivity contribution is -0.132. The van der Waals surface area contributed by atoms with Crippen molar-refractivity contribution in [3.8, 4) is 0 Å². The number of carbonyl (C=O) groups excluding carboxylic acids is 2. The smallest absolute Gasteiger partial charge is 0.301 e. The van der Waals surface area contributed by atoms with Crippen molar-refractivity contribution in [3.05, 3.63) is 98.6 Å². The third kappa shape index (κ3) is 3.63. The third-order valence-corrected chi connectivity index (χ3v) is 5.63. The number of aliphatic hydroxyl groups is 1. The third-order valence-electron chi connectivity index (χ3n) is 4.64. The van der Waals surface area contributed by atoms with Crippen molar-refractivity contribution in [1.82, 2.24) is 4.98 Å². The zero-order valence-electron chi connectivity index (χ0n) is 14.9. The molecule has 7 heteroatoms. The van der Waals surface area contributed by atoms with E-state index in [4.69, 9.17) is 0 Å². The minimum atomic E-state index is -0.794. The zero-order valence-corrected chi connectivity index (χ0v) is 18.1. The van der Waals surface area contributed by atoms with Gasteiger partial charge in [-0.1, -0.05) is 58.4 Å². The summed E-state index contributed by atoms with van der Waals surface area (Å²) in [7, 11) is 0. The molecule has 1 fully saturated rings. The minimum absolute atomic E-state index is 0.0354. The Balaban J connectivity index is 1.94. The number of nitrogens with zero attached hydrogens (tertiary/aromatic N) is 2. The number of benzene rings is 2. The first kappa shape index (κ1) is 19.5. The van der Waals surface area contributed by atoms with Gasteiger partial charge < -0.3 is 5.11 Å². The second-order valence-electron chi connectivity index (χ2n) is 6.42. The summed E-state index contributed by atoms with van der Waals surface area (Å²) in [5.41, 5.74) is 1.19. The largest absolute Gasteiger partial charge is 0.507 e. The number of carbonyl (C=O) groups is 2. The maximum atomic E-state index is 13.0. The highest BCUT2D eigenvalue weighted by molar-refractivity contribution is 9.10. The number of anilines is 1. The zero-order chi connectivity index (χ0) is 20.5. The maximum Gasteiger partial charge on any atom is 0.301 e. The average Bonchev–Trinajstić information content (AvgIpc) is 3.00. The van der Waals surface area contributed by atoms with E-state index in [-0.39, 0.29) is 11.3 Å². The molecule has 29 heavy (non-hydrogen) atoms. The number of aromatic nitrogens is 1. The van der Waals surface area contributed by atoms with Gasteiger partial charge in [0.2, 0.25) is 0 Å². The molecular formula is C22H14Br2N2O3. The fraction of sp³-hybridized carbons (Fsp3) is 0.0455. The number of ketones is 1. The Morgan fingerprint density at radius 3 is 2.17 bits per heavy atom. The number of pyridine rings is 1. The van der Waals surface area contributed by atoms with Crippen LogP contribution in [0.1, 0.15) is 17.2 Å². The lowest BCUT2D eigenvalue weighted by atomic mass is 9.95. The normalized spacial score (nSPS) is 18.3. The predicted octanol–water partition coefficient (Wildman–Crippen LogP) is 5.23. The highest BCUT2D eigenvalue weighted by atomic mass is 79.9. The maximum absolute atomic E-state index is 13.0. The van der Waals surface area contributed by atoms with Crippen molar-refractivity contribution in [2.75, 3.05) is 4.90 Å². The van der Waals surface area contributed by atoms with Gasteiger partial charge in [-0.15, -0.1) is 0 Å². The molecule has 1 saturated heterocycles. The van der Waals surface area contributed by atoms with Crippen molar-refractivity contribution in [1.29, 1.82) is 0 Å². The van der Waals surface area contributed by atoms with Crippen LogP contribution in [0.3, 0.4) is 0 Å². The van der Waals surface area contributed by atoms with Gasteiger partial charge in [-0.2, -0.15) is 0 Å². The van der Waals surface area contributed by atoms with E-state index in [0.717, 1.165) is 8.95 Å². The first-order valence-corrected chi connectivity index (χ1v) is 10.3. The minimum Gasteiger partial charge on any atom is -0.507 e. The number of rotatable bonds is 3. The van der Waals surface area contributed by atoms with Crippen LogP contribution in [-0.4, -0.2) is 21.8 Å². The van der Waals surface area contributed by atoms with E-state index in [1.54, 1.807) is 42.6 Å². The Kier molecular flexibility index (Phi) is 5.34. The van der Waals surface area contributed by atoms with Crippen LogP contribution in [0.25, 0.3) is 5.76 Å². The Hall–Kier alpha value is -2.77. The summed E-state index contributed by atoms with van der Waals surface area (Å²) >= 11 is 6.73. The number of aliphatic hydroxyl groups excluding tert-OH is 1. The molecule has 1 aromatic heterocycles. The SMILES string of the molecule is O=C1C(=O)N(c2ccc(Br)cn2)C(c2ccc(Br)cc2)/C1=C(\O)c1ccccc1. The van der Waals surface area contributed by atoms with E-state index < -0.39 is 17.7 Å². The number of amides is 1. The highest BCUT2D eigenvalue weighted by Gasteiger charge is 2.47. The number of hydrogen-bond donors (Lipinski definition) is 1. The van der Waals surface area contributed by atoms with Crippen LogP contribution >= 0.6 is 31.9 Å². The molecule has 0 spiro atoms. The predicted molar refractivity (Wildman–Crippen MR) is 117 cm³/mol. The molecule has 1 amide bonds. The molecule has 1 N–H and O–H groups in total. The lowest BCUT2D eigenvalue weighted by Crippen LogP contribution is -2.30. The Bertz CT molecular complexity index is 1110. The van der Waals surface area contributed by atoms with Gasteiger partial charge in [0.1, 0.15) is 11.6 Å². The summed E-state index contributed by atoms with van der Waals surface area (Å²) in [5.74, 6) is -1.36. The molecule has 3 aromatic rings. The molecule has 2 heterocycles. The summed E-state index contributed by atoms with van der Waals surface area (Å²) in [4.78, 5) is 31.5. The number of halogens is 2. The van der Waals surface area contributed by atoms with E-state index in [1.807, 2.05) is 30.3 Å².